The second kappa shape index (κ2) is 5.72. The van der Waals surface area contributed by atoms with Gasteiger partial charge in [0, 0.05) is 12.2 Å². The standard InChI is InChI=1S/C19H21NO/c1-14-9-10-15(2)17(12-14)13-19(21)20-11-5-7-16-6-3-4-8-18(16)20/h3-4,6,8-10,12H,5,7,11,13H2,1-2H3. The van der Waals surface area contributed by atoms with Gasteiger partial charge in [-0.15, -0.1) is 0 Å². The van der Waals surface area contributed by atoms with E-state index >= 15 is 0 Å². The molecule has 21 heavy (non-hydrogen) atoms. The maximum Gasteiger partial charge on any atom is 0.231 e. The van der Waals surface area contributed by atoms with Gasteiger partial charge in [0.1, 0.15) is 0 Å². The van der Waals surface area contributed by atoms with Crippen LogP contribution in [0.4, 0.5) is 5.69 Å². The third kappa shape index (κ3) is 2.85. The van der Waals surface area contributed by atoms with Crippen molar-refractivity contribution in [2.45, 2.75) is 33.1 Å². The summed E-state index contributed by atoms with van der Waals surface area (Å²) in [5, 5.41) is 0. The zero-order chi connectivity index (χ0) is 14.8. The Bertz CT molecular complexity index is 675. The molecule has 1 aliphatic rings. The number of carbonyl (C=O) groups excluding carboxylic acids is 1. The molecule has 1 amide bonds. The topological polar surface area (TPSA) is 20.3 Å². The Hall–Kier alpha value is -2.09. The molecule has 2 aromatic carbocycles. The van der Waals surface area contributed by atoms with Gasteiger partial charge in [0.2, 0.25) is 5.91 Å². The van der Waals surface area contributed by atoms with E-state index in [0.29, 0.717) is 6.42 Å². The Morgan fingerprint density at radius 2 is 1.95 bits per heavy atom. The lowest BCUT2D eigenvalue weighted by Crippen LogP contribution is -2.36. The third-order valence-corrected chi connectivity index (χ3v) is 4.26. The van der Waals surface area contributed by atoms with Crippen LogP contribution in [0.3, 0.4) is 0 Å². The van der Waals surface area contributed by atoms with Crippen LogP contribution in [0, 0.1) is 13.8 Å². The van der Waals surface area contributed by atoms with Gasteiger partial charge >= 0.3 is 0 Å². The number of hydrogen-bond donors (Lipinski definition) is 0. The molecule has 3 rings (SSSR count). The van der Waals surface area contributed by atoms with E-state index in [1.165, 1.54) is 16.7 Å². The Labute approximate surface area is 126 Å². The highest BCUT2D eigenvalue weighted by Crippen LogP contribution is 2.27. The number of hydrogen-bond acceptors (Lipinski definition) is 1. The minimum absolute atomic E-state index is 0.204. The van der Waals surface area contributed by atoms with E-state index in [1.807, 2.05) is 11.0 Å². The van der Waals surface area contributed by atoms with Crippen molar-refractivity contribution in [3.8, 4) is 0 Å². The van der Waals surface area contributed by atoms with Gasteiger partial charge in [0.05, 0.1) is 6.42 Å². The first kappa shape index (κ1) is 13.9. The summed E-state index contributed by atoms with van der Waals surface area (Å²) in [4.78, 5) is 14.7. The number of carbonyl (C=O) groups is 1. The molecule has 0 radical (unpaired) electrons. The smallest absolute Gasteiger partial charge is 0.231 e. The van der Waals surface area contributed by atoms with Crippen LogP contribution in [0.1, 0.15) is 28.7 Å². The quantitative estimate of drug-likeness (QED) is 0.818. The van der Waals surface area contributed by atoms with E-state index in [-0.39, 0.29) is 5.91 Å². The second-order valence-corrected chi connectivity index (χ2v) is 5.88. The molecule has 2 heteroatoms. The first-order valence-electron chi connectivity index (χ1n) is 7.59. The van der Waals surface area contributed by atoms with Crippen LogP contribution in [0.25, 0.3) is 0 Å². The molecule has 108 valence electrons. The van der Waals surface area contributed by atoms with E-state index in [9.17, 15) is 4.79 Å². The predicted molar refractivity (Wildman–Crippen MR) is 86.7 cm³/mol. The van der Waals surface area contributed by atoms with Crippen LogP contribution in [0.2, 0.25) is 0 Å². The summed E-state index contributed by atoms with van der Waals surface area (Å²) in [5.74, 6) is 0.204. The minimum Gasteiger partial charge on any atom is -0.312 e. The van der Waals surface area contributed by atoms with Crippen molar-refractivity contribution in [3.63, 3.8) is 0 Å². The average molecular weight is 279 g/mol. The van der Waals surface area contributed by atoms with Crippen molar-refractivity contribution >= 4 is 11.6 Å². The summed E-state index contributed by atoms with van der Waals surface area (Å²) in [6.45, 7) is 4.98. The molecule has 0 bridgehead atoms. The highest BCUT2D eigenvalue weighted by Gasteiger charge is 2.22. The van der Waals surface area contributed by atoms with Crippen molar-refractivity contribution in [1.82, 2.24) is 0 Å². The molecule has 0 spiro atoms. The fourth-order valence-electron chi connectivity index (χ4n) is 3.04. The van der Waals surface area contributed by atoms with Gasteiger partial charge in [0.25, 0.3) is 0 Å². The SMILES string of the molecule is Cc1ccc(C)c(CC(=O)N2CCCc3ccccc32)c1. The number of nitrogens with zero attached hydrogens (tertiary/aromatic N) is 1. The van der Waals surface area contributed by atoms with Crippen LogP contribution in [0.15, 0.2) is 42.5 Å². The molecule has 1 heterocycles. The van der Waals surface area contributed by atoms with Gasteiger partial charge in [-0.1, -0.05) is 42.0 Å². The van der Waals surface area contributed by atoms with Crippen LogP contribution in [-0.2, 0) is 17.6 Å². The molecule has 0 fully saturated rings. The van der Waals surface area contributed by atoms with Gasteiger partial charge in [-0.2, -0.15) is 0 Å². The zero-order valence-corrected chi connectivity index (χ0v) is 12.7. The number of amides is 1. The summed E-state index contributed by atoms with van der Waals surface area (Å²) in [7, 11) is 0. The second-order valence-electron chi connectivity index (χ2n) is 5.88. The van der Waals surface area contributed by atoms with Gasteiger partial charge in [0.15, 0.2) is 0 Å². The van der Waals surface area contributed by atoms with Gasteiger partial charge in [-0.25, -0.2) is 0 Å². The van der Waals surface area contributed by atoms with E-state index in [0.717, 1.165) is 30.6 Å². The lowest BCUT2D eigenvalue weighted by Gasteiger charge is -2.29. The number of rotatable bonds is 2. The van der Waals surface area contributed by atoms with Crippen LogP contribution < -0.4 is 4.90 Å². The van der Waals surface area contributed by atoms with Gasteiger partial charge in [-0.05, 0) is 49.4 Å². The predicted octanol–water partition coefficient (Wildman–Crippen LogP) is 3.83. The first-order chi connectivity index (χ1) is 10.1. The van der Waals surface area contributed by atoms with Crippen molar-refractivity contribution in [2.24, 2.45) is 0 Å². The highest BCUT2D eigenvalue weighted by atomic mass is 16.2. The van der Waals surface area contributed by atoms with Crippen molar-refractivity contribution < 1.29 is 4.79 Å². The lowest BCUT2D eigenvalue weighted by atomic mass is 9.99. The maximum absolute atomic E-state index is 12.7. The molecule has 0 saturated carbocycles. The zero-order valence-electron chi connectivity index (χ0n) is 12.7. The molecule has 0 N–H and O–H groups in total. The van der Waals surface area contributed by atoms with Crippen LogP contribution in [-0.4, -0.2) is 12.5 Å². The van der Waals surface area contributed by atoms with E-state index < -0.39 is 0 Å². The molecule has 1 aliphatic heterocycles. The summed E-state index contributed by atoms with van der Waals surface area (Å²) in [6.07, 6.45) is 2.61. The third-order valence-electron chi connectivity index (χ3n) is 4.26. The van der Waals surface area contributed by atoms with E-state index in [4.69, 9.17) is 0 Å². The number of benzene rings is 2. The molecule has 0 aromatic heterocycles. The van der Waals surface area contributed by atoms with Crippen molar-refractivity contribution in [1.29, 1.82) is 0 Å². The Morgan fingerprint density at radius 1 is 1.14 bits per heavy atom. The monoisotopic (exact) mass is 279 g/mol. The van der Waals surface area contributed by atoms with Crippen molar-refractivity contribution in [3.05, 3.63) is 64.7 Å². The minimum atomic E-state index is 0.204. The fraction of sp³-hybridized carbons (Fsp3) is 0.316. The molecule has 0 atom stereocenters. The van der Waals surface area contributed by atoms with Gasteiger partial charge in [-0.3, -0.25) is 4.79 Å². The molecule has 0 unspecified atom stereocenters. The summed E-state index contributed by atoms with van der Waals surface area (Å²) in [5.41, 5.74) is 5.93. The number of fused-ring (bicyclic) bond motifs is 1. The van der Waals surface area contributed by atoms with Gasteiger partial charge < -0.3 is 4.90 Å². The molecule has 0 saturated heterocycles. The van der Waals surface area contributed by atoms with Crippen LogP contribution in [0.5, 0.6) is 0 Å². The Kier molecular flexibility index (Phi) is 3.78. The fourth-order valence-corrected chi connectivity index (χ4v) is 3.04. The molecule has 2 nitrogen and oxygen atoms in total. The molecular formula is C19H21NO. The number of anilines is 1. The maximum atomic E-state index is 12.7. The number of para-hydroxylation sites is 1. The first-order valence-corrected chi connectivity index (χ1v) is 7.59. The highest BCUT2D eigenvalue weighted by molar-refractivity contribution is 5.96. The summed E-state index contributed by atoms with van der Waals surface area (Å²) in [6, 6.07) is 14.6. The normalized spacial score (nSPS) is 13.9. The average Bonchev–Trinajstić information content (AvgIpc) is 2.50. The van der Waals surface area contributed by atoms with Crippen molar-refractivity contribution in [2.75, 3.05) is 11.4 Å². The van der Waals surface area contributed by atoms with Crippen LogP contribution >= 0.6 is 0 Å². The number of aryl methyl sites for hydroxylation is 3. The summed E-state index contributed by atoms with van der Waals surface area (Å²) >= 11 is 0. The summed E-state index contributed by atoms with van der Waals surface area (Å²) < 4.78 is 0. The Balaban J connectivity index is 1.85. The largest absolute Gasteiger partial charge is 0.312 e. The molecular weight excluding hydrogens is 258 g/mol. The lowest BCUT2D eigenvalue weighted by molar-refractivity contribution is -0.118. The van der Waals surface area contributed by atoms with E-state index in [2.05, 4.69) is 50.2 Å². The van der Waals surface area contributed by atoms with E-state index in [1.54, 1.807) is 0 Å². The molecule has 2 aromatic rings. The Morgan fingerprint density at radius 3 is 2.81 bits per heavy atom. The molecule has 0 aliphatic carbocycles.